The Kier molecular flexibility index (Phi) is 7.15. The molecule has 8 nitrogen and oxygen atoms in total. The second-order valence-corrected chi connectivity index (χ2v) is 6.21. The Morgan fingerprint density at radius 1 is 1.24 bits per heavy atom. The molecular formula is C21H23N3O5. The first-order valence-corrected chi connectivity index (χ1v) is 9.18. The summed E-state index contributed by atoms with van der Waals surface area (Å²) in [6.45, 7) is 6.07. The van der Waals surface area contributed by atoms with Crippen LogP contribution in [0.25, 0.3) is 0 Å². The van der Waals surface area contributed by atoms with Crippen LogP contribution in [-0.2, 0) is 0 Å². The molecule has 0 radical (unpaired) electrons. The maximum atomic E-state index is 13.3. The summed E-state index contributed by atoms with van der Waals surface area (Å²) < 4.78 is 10.7. The van der Waals surface area contributed by atoms with Crippen LogP contribution >= 0.6 is 0 Å². The van der Waals surface area contributed by atoms with Gasteiger partial charge in [-0.25, -0.2) is 0 Å². The number of nitro groups is 1. The molecule has 0 aliphatic carbocycles. The molecule has 0 spiro atoms. The molecule has 0 aliphatic heterocycles. The van der Waals surface area contributed by atoms with E-state index in [1.54, 1.807) is 38.1 Å². The number of nitrogens with zero attached hydrogens (tertiary/aromatic N) is 3. The minimum atomic E-state index is -0.605. The molecule has 0 bridgehead atoms. The van der Waals surface area contributed by atoms with Crippen molar-refractivity contribution < 1.29 is 19.2 Å². The van der Waals surface area contributed by atoms with Crippen LogP contribution in [0.3, 0.4) is 0 Å². The number of nitro benzene ring substituents is 1. The van der Waals surface area contributed by atoms with Crippen molar-refractivity contribution in [2.45, 2.75) is 26.8 Å². The molecule has 29 heavy (non-hydrogen) atoms. The van der Waals surface area contributed by atoms with E-state index in [-0.39, 0.29) is 28.8 Å². The van der Waals surface area contributed by atoms with Gasteiger partial charge in [-0.3, -0.25) is 14.9 Å². The topological polar surface area (TPSA) is 106 Å². The van der Waals surface area contributed by atoms with Gasteiger partial charge in [0.05, 0.1) is 42.4 Å². The first kappa shape index (κ1) is 21.7. The molecule has 2 aromatic rings. The molecular weight excluding hydrogens is 374 g/mol. The van der Waals surface area contributed by atoms with Gasteiger partial charge in [-0.15, -0.1) is 0 Å². The fourth-order valence-corrected chi connectivity index (χ4v) is 3.06. The zero-order valence-electron chi connectivity index (χ0n) is 16.8. The third-order valence-corrected chi connectivity index (χ3v) is 4.60. The number of ether oxygens (including phenoxy) is 2. The summed E-state index contributed by atoms with van der Waals surface area (Å²) in [5.41, 5.74) is 0.922. The number of rotatable bonds is 8. The van der Waals surface area contributed by atoms with Crippen LogP contribution in [0.1, 0.15) is 48.3 Å². The number of hydrogen-bond acceptors (Lipinski definition) is 6. The molecule has 0 saturated heterocycles. The monoisotopic (exact) mass is 397 g/mol. The van der Waals surface area contributed by atoms with E-state index in [4.69, 9.17) is 14.7 Å². The second-order valence-electron chi connectivity index (χ2n) is 6.21. The molecule has 2 rings (SSSR count). The van der Waals surface area contributed by atoms with E-state index in [0.717, 1.165) is 5.56 Å². The van der Waals surface area contributed by atoms with Crippen molar-refractivity contribution in [2.24, 2.45) is 0 Å². The van der Waals surface area contributed by atoms with E-state index in [0.29, 0.717) is 18.7 Å². The highest BCUT2D eigenvalue weighted by molar-refractivity contribution is 5.99. The molecule has 152 valence electrons. The third-order valence-electron chi connectivity index (χ3n) is 4.60. The van der Waals surface area contributed by atoms with Crippen LogP contribution < -0.4 is 9.47 Å². The maximum Gasteiger partial charge on any atom is 0.286 e. The van der Waals surface area contributed by atoms with Gasteiger partial charge in [-0.1, -0.05) is 12.1 Å². The summed E-state index contributed by atoms with van der Waals surface area (Å²) in [6, 6.07) is 11.2. The second kappa shape index (κ2) is 9.55. The van der Waals surface area contributed by atoms with Gasteiger partial charge in [0.2, 0.25) is 0 Å². The summed E-state index contributed by atoms with van der Waals surface area (Å²) in [5.74, 6) is -0.0241. The van der Waals surface area contributed by atoms with E-state index < -0.39 is 10.8 Å². The molecule has 1 amide bonds. The van der Waals surface area contributed by atoms with E-state index in [1.807, 2.05) is 6.92 Å². The molecule has 0 heterocycles. The molecule has 0 fully saturated rings. The SMILES string of the molecule is CCOc1cc(C(=O)N(CC)C(C)c2ccc(C#N)cc2)c([N+](=O)[O-])cc1OC. The Labute approximate surface area is 169 Å². The maximum absolute atomic E-state index is 13.3. The lowest BCUT2D eigenvalue weighted by molar-refractivity contribution is -0.385. The minimum Gasteiger partial charge on any atom is -0.493 e. The van der Waals surface area contributed by atoms with Gasteiger partial charge in [0.15, 0.2) is 11.5 Å². The van der Waals surface area contributed by atoms with Crippen molar-refractivity contribution in [3.8, 4) is 17.6 Å². The Bertz CT molecular complexity index is 935. The van der Waals surface area contributed by atoms with E-state index in [1.165, 1.54) is 24.1 Å². The van der Waals surface area contributed by atoms with E-state index >= 15 is 0 Å². The van der Waals surface area contributed by atoms with Gasteiger partial charge in [-0.05, 0) is 38.5 Å². The highest BCUT2D eigenvalue weighted by Gasteiger charge is 2.30. The fraction of sp³-hybridized carbons (Fsp3) is 0.333. The highest BCUT2D eigenvalue weighted by atomic mass is 16.6. The average molecular weight is 397 g/mol. The molecule has 0 saturated carbocycles. The van der Waals surface area contributed by atoms with Crippen LogP contribution in [0.4, 0.5) is 5.69 Å². The van der Waals surface area contributed by atoms with E-state index in [9.17, 15) is 14.9 Å². The van der Waals surface area contributed by atoms with E-state index in [2.05, 4.69) is 6.07 Å². The quantitative estimate of drug-likeness (QED) is 0.490. The Morgan fingerprint density at radius 3 is 2.38 bits per heavy atom. The number of amides is 1. The van der Waals surface area contributed by atoms with Crippen molar-refractivity contribution in [2.75, 3.05) is 20.3 Å². The van der Waals surface area contributed by atoms with Crippen LogP contribution in [0.5, 0.6) is 11.5 Å². The van der Waals surface area contributed by atoms with Gasteiger partial charge < -0.3 is 14.4 Å². The molecule has 1 atom stereocenters. The van der Waals surface area contributed by atoms with Gasteiger partial charge in [0.25, 0.3) is 11.6 Å². The number of methoxy groups -OCH3 is 1. The summed E-state index contributed by atoms with van der Waals surface area (Å²) in [4.78, 5) is 25.8. The van der Waals surface area contributed by atoms with Gasteiger partial charge in [0.1, 0.15) is 5.56 Å². The smallest absolute Gasteiger partial charge is 0.286 e. The standard InChI is InChI=1S/C21H23N3O5/c1-5-23(14(3)16-9-7-15(13-22)8-10-16)21(25)17-11-20(29-6-2)19(28-4)12-18(17)24(26)27/h7-12,14H,5-6H2,1-4H3. The summed E-state index contributed by atoms with van der Waals surface area (Å²) in [5, 5.41) is 20.5. The first-order chi connectivity index (χ1) is 13.9. The number of benzene rings is 2. The number of nitriles is 1. The van der Waals surface area contributed by atoms with Crippen LogP contribution in [-0.4, -0.2) is 36.0 Å². The van der Waals surface area contributed by atoms with Crippen molar-refractivity contribution in [3.05, 3.63) is 63.2 Å². The zero-order valence-corrected chi connectivity index (χ0v) is 16.8. The van der Waals surface area contributed by atoms with Crippen molar-refractivity contribution in [3.63, 3.8) is 0 Å². The summed E-state index contributed by atoms with van der Waals surface area (Å²) in [6.07, 6.45) is 0. The largest absolute Gasteiger partial charge is 0.493 e. The lowest BCUT2D eigenvalue weighted by Crippen LogP contribution is -2.34. The number of carbonyl (C=O) groups is 1. The first-order valence-electron chi connectivity index (χ1n) is 9.18. The predicted octanol–water partition coefficient (Wildman–Crippen LogP) is 4.10. The normalized spacial score (nSPS) is 11.3. The highest BCUT2D eigenvalue weighted by Crippen LogP contribution is 2.36. The van der Waals surface area contributed by atoms with Crippen molar-refractivity contribution in [1.29, 1.82) is 5.26 Å². The predicted molar refractivity (Wildman–Crippen MR) is 107 cm³/mol. The summed E-state index contributed by atoms with van der Waals surface area (Å²) >= 11 is 0. The van der Waals surface area contributed by atoms with Crippen LogP contribution in [0.15, 0.2) is 36.4 Å². The average Bonchev–Trinajstić information content (AvgIpc) is 2.73. The lowest BCUT2D eigenvalue weighted by atomic mass is 10.0. The van der Waals surface area contributed by atoms with Crippen LogP contribution in [0.2, 0.25) is 0 Å². The number of hydrogen-bond donors (Lipinski definition) is 0. The molecule has 8 heteroatoms. The molecule has 0 aromatic heterocycles. The summed E-state index contributed by atoms with van der Waals surface area (Å²) in [7, 11) is 1.38. The van der Waals surface area contributed by atoms with Gasteiger partial charge in [0, 0.05) is 12.6 Å². The number of carbonyl (C=O) groups excluding carboxylic acids is 1. The Morgan fingerprint density at radius 2 is 1.90 bits per heavy atom. The molecule has 0 aliphatic rings. The molecule has 1 unspecified atom stereocenters. The Hall–Kier alpha value is -3.60. The molecule has 0 N–H and O–H groups in total. The van der Waals surface area contributed by atoms with Crippen LogP contribution in [0, 0.1) is 21.4 Å². The lowest BCUT2D eigenvalue weighted by Gasteiger charge is -2.28. The fourth-order valence-electron chi connectivity index (χ4n) is 3.06. The molecule has 2 aromatic carbocycles. The van der Waals surface area contributed by atoms with Gasteiger partial charge in [-0.2, -0.15) is 5.26 Å². The van der Waals surface area contributed by atoms with Crippen molar-refractivity contribution in [1.82, 2.24) is 4.90 Å². The third kappa shape index (κ3) is 4.63. The minimum absolute atomic E-state index is 0.0680. The zero-order chi connectivity index (χ0) is 21.6. The Balaban J connectivity index is 2.49. The van der Waals surface area contributed by atoms with Crippen molar-refractivity contribution >= 4 is 11.6 Å². The van der Waals surface area contributed by atoms with Gasteiger partial charge >= 0.3 is 0 Å².